The lowest BCUT2D eigenvalue weighted by Gasteiger charge is -2.08. The van der Waals surface area contributed by atoms with Crippen molar-refractivity contribution in [3.8, 4) is 34.7 Å². The molecule has 0 aliphatic carbocycles. The van der Waals surface area contributed by atoms with E-state index in [9.17, 15) is 5.26 Å². The molecule has 0 aliphatic heterocycles. The summed E-state index contributed by atoms with van der Waals surface area (Å²) in [5.74, 6) is 2.20. The summed E-state index contributed by atoms with van der Waals surface area (Å²) >= 11 is 0. The first-order chi connectivity index (χ1) is 12.2. The van der Waals surface area contributed by atoms with Crippen LogP contribution in [0.3, 0.4) is 0 Å². The van der Waals surface area contributed by atoms with Crippen molar-refractivity contribution in [1.82, 2.24) is 4.98 Å². The Hall–Kier alpha value is -3.52. The summed E-state index contributed by atoms with van der Waals surface area (Å²) in [6.07, 6.45) is 0. The Balaban J connectivity index is 1.95. The maximum absolute atomic E-state index is 9.54. The number of rotatable bonds is 3. The molecule has 3 heterocycles. The number of pyridine rings is 1. The summed E-state index contributed by atoms with van der Waals surface area (Å²) in [6.45, 7) is 1.86. The predicted octanol–water partition coefficient (Wildman–Crippen LogP) is 4.94. The highest BCUT2D eigenvalue weighted by Gasteiger charge is 2.19. The number of para-hydroxylation sites is 1. The molecule has 0 unspecified atom stereocenters. The topological polar surface area (TPSA) is 72.2 Å². The number of hydrogen-bond donors (Lipinski definition) is 0. The van der Waals surface area contributed by atoms with Crippen LogP contribution in [0.2, 0.25) is 0 Å². The summed E-state index contributed by atoms with van der Waals surface area (Å²) < 4.78 is 16.9. The number of nitrogens with zero attached hydrogens (tertiary/aromatic N) is 2. The van der Waals surface area contributed by atoms with E-state index in [0.29, 0.717) is 28.3 Å². The van der Waals surface area contributed by atoms with Crippen LogP contribution in [0.15, 0.2) is 57.4 Å². The van der Waals surface area contributed by atoms with Gasteiger partial charge in [-0.3, -0.25) is 0 Å². The van der Waals surface area contributed by atoms with Crippen LogP contribution in [0, 0.1) is 18.3 Å². The summed E-state index contributed by atoms with van der Waals surface area (Å²) in [6, 6.07) is 17.3. The molecule has 0 spiro atoms. The molecule has 25 heavy (non-hydrogen) atoms. The van der Waals surface area contributed by atoms with Gasteiger partial charge in [-0.1, -0.05) is 18.2 Å². The largest absolute Gasteiger partial charge is 0.480 e. The number of nitriles is 1. The van der Waals surface area contributed by atoms with Crippen molar-refractivity contribution in [2.45, 2.75) is 6.92 Å². The predicted molar refractivity (Wildman–Crippen MR) is 93.2 cm³/mol. The monoisotopic (exact) mass is 330 g/mol. The highest BCUT2D eigenvalue weighted by atomic mass is 16.5. The van der Waals surface area contributed by atoms with E-state index in [2.05, 4.69) is 11.1 Å². The van der Waals surface area contributed by atoms with Gasteiger partial charge in [-0.25, -0.2) is 4.98 Å². The Morgan fingerprint density at radius 2 is 1.88 bits per heavy atom. The number of aryl methyl sites for hydroxylation is 1. The Labute approximate surface area is 144 Å². The van der Waals surface area contributed by atoms with E-state index in [0.717, 1.165) is 16.7 Å². The van der Waals surface area contributed by atoms with Crippen molar-refractivity contribution in [2.24, 2.45) is 0 Å². The number of fused-ring (bicyclic) bond motifs is 1. The van der Waals surface area contributed by atoms with Gasteiger partial charge in [-0.15, -0.1) is 0 Å². The Bertz CT molecular complexity index is 1080. The molecule has 0 atom stereocenters. The van der Waals surface area contributed by atoms with Gasteiger partial charge in [0.05, 0.1) is 7.11 Å². The molecule has 0 fully saturated rings. The second-order valence-corrected chi connectivity index (χ2v) is 5.61. The van der Waals surface area contributed by atoms with Crippen LogP contribution in [0.25, 0.3) is 33.7 Å². The van der Waals surface area contributed by atoms with Gasteiger partial charge in [-0.05, 0) is 37.3 Å². The fraction of sp³-hybridized carbons (Fsp3) is 0.100. The standard InChI is InChI=1S/C20H14N2O3/c1-12-7-8-18(24-12)14-10-16(22-20(23-2)15(14)11-21)19-9-13-5-3-4-6-17(13)25-19/h3-10H,1-2H3. The smallest absolute Gasteiger partial charge is 0.232 e. The first-order valence-electron chi connectivity index (χ1n) is 7.74. The summed E-state index contributed by atoms with van der Waals surface area (Å²) in [5, 5.41) is 10.5. The lowest BCUT2D eigenvalue weighted by atomic mass is 10.1. The molecule has 3 aromatic heterocycles. The van der Waals surface area contributed by atoms with E-state index in [4.69, 9.17) is 13.6 Å². The molecule has 0 saturated heterocycles. The highest BCUT2D eigenvalue weighted by Crippen LogP contribution is 2.35. The molecule has 0 amide bonds. The molecule has 0 bridgehead atoms. The maximum atomic E-state index is 9.54. The zero-order valence-corrected chi connectivity index (χ0v) is 13.7. The third-order valence-corrected chi connectivity index (χ3v) is 3.98. The fourth-order valence-electron chi connectivity index (χ4n) is 2.79. The van der Waals surface area contributed by atoms with Gasteiger partial charge in [0.25, 0.3) is 0 Å². The average molecular weight is 330 g/mol. The van der Waals surface area contributed by atoms with E-state index in [1.807, 2.05) is 49.4 Å². The van der Waals surface area contributed by atoms with Gasteiger partial charge in [0, 0.05) is 10.9 Å². The van der Waals surface area contributed by atoms with Crippen LogP contribution < -0.4 is 4.74 Å². The van der Waals surface area contributed by atoms with Gasteiger partial charge < -0.3 is 13.6 Å². The van der Waals surface area contributed by atoms with Gasteiger partial charge in [0.2, 0.25) is 5.88 Å². The van der Waals surface area contributed by atoms with Crippen LogP contribution >= 0.6 is 0 Å². The van der Waals surface area contributed by atoms with Crippen LogP contribution in [-0.4, -0.2) is 12.1 Å². The maximum Gasteiger partial charge on any atom is 0.232 e. The molecule has 1 aromatic carbocycles. The van der Waals surface area contributed by atoms with E-state index in [1.165, 1.54) is 7.11 Å². The Kier molecular flexibility index (Phi) is 3.51. The van der Waals surface area contributed by atoms with Crippen molar-refractivity contribution < 1.29 is 13.6 Å². The van der Waals surface area contributed by atoms with E-state index < -0.39 is 0 Å². The molecule has 4 rings (SSSR count). The van der Waals surface area contributed by atoms with Crippen LogP contribution in [-0.2, 0) is 0 Å². The normalized spacial score (nSPS) is 10.8. The van der Waals surface area contributed by atoms with Crippen molar-refractivity contribution >= 4 is 11.0 Å². The average Bonchev–Trinajstić information content (AvgIpc) is 3.26. The zero-order chi connectivity index (χ0) is 17.4. The molecular formula is C20H14N2O3. The molecule has 0 N–H and O–H groups in total. The molecular weight excluding hydrogens is 316 g/mol. The van der Waals surface area contributed by atoms with Crippen LogP contribution in [0.1, 0.15) is 11.3 Å². The third-order valence-electron chi connectivity index (χ3n) is 3.98. The molecule has 5 nitrogen and oxygen atoms in total. The summed E-state index contributed by atoms with van der Waals surface area (Å²) in [4.78, 5) is 4.44. The van der Waals surface area contributed by atoms with Crippen molar-refractivity contribution in [1.29, 1.82) is 5.26 Å². The second kappa shape index (κ2) is 5.84. The minimum atomic E-state index is 0.240. The van der Waals surface area contributed by atoms with Crippen molar-refractivity contribution in [2.75, 3.05) is 7.11 Å². The number of furan rings is 2. The highest BCUT2D eigenvalue weighted by molar-refractivity contribution is 5.83. The Morgan fingerprint density at radius 3 is 2.56 bits per heavy atom. The lowest BCUT2D eigenvalue weighted by molar-refractivity contribution is 0.396. The van der Waals surface area contributed by atoms with Gasteiger partial charge in [-0.2, -0.15) is 5.26 Å². The first kappa shape index (κ1) is 15.0. The molecule has 0 aliphatic rings. The quantitative estimate of drug-likeness (QED) is 0.532. The zero-order valence-electron chi connectivity index (χ0n) is 13.7. The number of ether oxygens (including phenoxy) is 1. The molecule has 5 heteroatoms. The Morgan fingerprint density at radius 1 is 1.04 bits per heavy atom. The number of methoxy groups -OCH3 is 1. The third kappa shape index (κ3) is 2.54. The number of benzene rings is 1. The second-order valence-electron chi connectivity index (χ2n) is 5.61. The van der Waals surface area contributed by atoms with E-state index >= 15 is 0 Å². The molecule has 0 saturated carbocycles. The fourth-order valence-corrected chi connectivity index (χ4v) is 2.79. The number of aromatic nitrogens is 1. The van der Waals surface area contributed by atoms with Gasteiger partial charge >= 0.3 is 0 Å². The van der Waals surface area contributed by atoms with E-state index in [-0.39, 0.29) is 5.88 Å². The van der Waals surface area contributed by atoms with Gasteiger partial charge in [0.15, 0.2) is 5.76 Å². The number of hydrogen-bond acceptors (Lipinski definition) is 5. The molecule has 0 radical (unpaired) electrons. The lowest BCUT2D eigenvalue weighted by Crippen LogP contribution is -1.97. The minimum Gasteiger partial charge on any atom is -0.480 e. The van der Waals surface area contributed by atoms with E-state index in [1.54, 1.807) is 6.07 Å². The van der Waals surface area contributed by atoms with Crippen LogP contribution in [0.4, 0.5) is 0 Å². The summed E-state index contributed by atoms with van der Waals surface area (Å²) in [5.41, 5.74) is 2.31. The molecule has 122 valence electrons. The minimum absolute atomic E-state index is 0.240. The summed E-state index contributed by atoms with van der Waals surface area (Å²) in [7, 11) is 1.49. The van der Waals surface area contributed by atoms with Gasteiger partial charge in [0.1, 0.15) is 34.4 Å². The molecule has 4 aromatic rings. The first-order valence-corrected chi connectivity index (χ1v) is 7.74. The van der Waals surface area contributed by atoms with Crippen LogP contribution in [0.5, 0.6) is 5.88 Å². The SMILES string of the molecule is COc1nc(-c2cc3ccccc3o2)cc(-c2ccc(C)o2)c1C#N. The van der Waals surface area contributed by atoms with Crippen molar-refractivity contribution in [3.05, 3.63) is 59.9 Å². The van der Waals surface area contributed by atoms with Crippen molar-refractivity contribution in [3.63, 3.8) is 0 Å².